The smallest absolute Gasteiger partial charge is 0.224 e. The number of amides is 1. The summed E-state index contributed by atoms with van der Waals surface area (Å²) >= 11 is 0. The van der Waals surface area contributed by atoms with E-state index in [1.165, 1.54) is 0 Å². The lowest BCUT2D eigenvalue weighted by Crippen LogP contribution is -2.38. The van der Waals surface area contributed by atoms with Crippen molar-refractivity contribution in [3.8, 4) is 11.8 Å². The Balaban J connectivity index is 3.85. The minimum absolute atomic E-state index is 0.0420. The van der Waals surface area contributed by atoms with Crippen LogP contribution in [0.3, 0.4) is 0 Å². The zero-order valence-electron chi connectivity index (χ0n) is 9.26. The van der Waals surface area contributed by atoms with Gasteiger partial charge in [-0.2, -0.15) is 0 Å². The number of hydrogen-bond donors (Lipinski definition) is 2. The van der Waals surface area contributed by atoms with Crippen LogP contribution in [0.1, 0.15) is 27.2 Å². The van der Waals surface area contributed by atoms with Gasteiger partial charge in [-0.3, -0.25) is 4.79 Å². The molecule has 1 atom stereocenters. The highest BCUT2D eigenvalue weighted by molar-refractivity contribution is 5.79. The molecule has 80 valence electrons. The summed E-state index contributed by atoms with van der Waals surface area (Å²) < 4.78 is 0. The van der Waals surface area contributed by atoms with Gasteiger partial charge >= 0.3 is 0 Å². The molecule has 14 heavy (non-hydrogen) atoms. The van der Waals surface area contributed by atoms with Crippen molar-refractivity contribution < 1.29 is 4.79 Å². The second kappa shape index (κ2) is 7.40. The average Bonchev–Trinajstić information content (AvgIpc) is 2.13. The predicted molar refractivity (Wildman–Crippen MR) is 58.5 cm³/mol. The summed E-state index contributed by atoms with van der Waals surface area (Å²) in [5, 5.41) is 2.83. The van der Waals surface area contributed by atoms with Crippen molar-refractivity contribution in [2.24, 2.45) is 17.6 Å². The highest BCUT2D eigenvalue weighted by Crippen LogP contribution is 2.08. The number of hydrogen-bond acceptors (Lipinski definition) is 2. The molecule has 0 fully saturated rings. The fourth-order valence-electron chi connectivity index (χ4n) is 1.19. The molecule has 0 aliphatic rings. The maximum atomic E-state index is 11.5. The van der Waals surface area contributed by atoms with Crippen LogP contribution in [-0.2, 0) is 4.79 Å². The van der Waals surface area contributed by atoms with E-state index in [0.29, 0.717) is 19.5 Å². The van der Waals surface area contributed by atoms with Gasteiger partial charge in [0.2, 0.25) is 5.91 Å². The first-order valence-electron chi connectivity index (χ1n) is 5.00. The Morgan fingerprint density at radius 2 is 2.14 bits per heavy atom. The number of nitrogens with two attached hydrogens (primary N) is 1. The molecule has 0 radical (unpaired) electrons. The van der Waals surface area contributed by atoms with E-state index in [4.69, 9.17) is 5.73 Å². The maximum Gasteiger partial charge on any atom is 0.224 e. The van der Waals surface area contributed by atoms with Crippen molar-refractivity contribution in [3.63, 3.8) is 0 Å². The first kappa shape index (κ1) is 13.0. The Morgan fingerprint density at radius 1 is 1.50 bits per heavy atom. The van der Waals surface area contributed by atoms with Crippen LogP contribution in [-0.4, -0.2) is 19.0 Å². The lowest BCUT2D eigenvalue weighted by Gasteiger charge is -2.17. The zero-order chi connectivity index (χ0) is 11.0. The van der Waals surface area contributed by atoms with Crippen LogP contribution in [0, 0.1) is 23.7 Å². The first-order chi connectivity index (χ1) is 6.63. The lowest BCUT2D eigenvalue weighted by atomic mass is 9.95. The molecule has 0 aliphatic heterocycles. The Kier molecular flexibility index (Phi) is 6.87. The molecule has 3 N–H and O–H groups in total. The normalized spacial score (nSPS) is 11.8. The summed E-state index contributed by atoms with van der Waals surface area (Å²) in [4.78, 5) is 11.5. The molecular formula is C11H20N2O. The molecule has 1 amide bonds. The van der Waals surface area contributed by atoms with Crippen LogP contribution < -0.4 is 11.1 Å². The Hall–Kier alpha value is -1.01. The van der Waals surface area contributed by atoms with E-state index in [-0.39, 0.29) is 17.7 Å². The van der Waals surface area contributed by atoms with E-state index in [2.05, 4.69) is 17.2 Å². The van der Waals surface area contributed by atoms with E-state index in [0.717, 1.165) is 0 Å². The third kappa shape index (κ3) is 4.88. The summed E-state index contributed by atoms with van der Waals surface area (Å²) in [5.41, 5.74) is 5.52. The molecular weight excluding hydrogens is 176 g/mol. The molecule has 3 nitrogen and oxygen atoms in total. The fourth-order valence-corrected chi connectivity index (χ4v) is 1.19. The highest BCUT2D eigenvalue weighted by atomic mass is 16.1. The van der Waals surface area contributed by atoms with Gasteiger partial charge in [-0.1, -0.05) is 13.8 Å². The Labute approximate surface area is 86.4 Å². The summed E-state index contributed by atoms with van der Waals surface area (Å²) in [6.07, 6.45) is 0.706. The molecule has 0 aromatic carbocycles. The zero-order valence-corrected chi connectivity index (χ0v) is 9.26. The van der Waals surface area contributed by atoms with Gasteiger partial charge in [0.15, 0.2) is 0 Å². The van der Waals surface area contributed by atoms with Crippen molar-refractivity contribution in [1.29, 1.82) is 0 Å². The number of nitrogens with one attached hydrogen (secondary N) is 1. The van der Waals surface area contributed by atoms with Crippen molar-refractivity contribution >= 4 is 5.91 Å². The fraction of sp³-hybridized carbons (Fsp3) is 0.727. The van der Waals surface area contributed by atoms with Crippen LogP contribution >= 0.6 is 0 Å². The van der Waals surface area contributed by atoms with Gasteiger partial charge in [0.25, 0.3) is 0 Å². The molecule has 0 spiro atoms. The summed E-state index contributed by atoms with van der Waals surface area (Å²) in [7, 11) is 0. The van der Waals surface area contributed by atoms with Crippen LogP contribution in [0.5, 0.6) is 0 Å². The van der Waals surface area contributed by atoms with Gasteiger partial charge in [0.05, 0.1) is 5.92 Å². The second-order valence-corrected chi connectivity index (χ2v) is 3.55. The van der Waals surface area contributed by atoms with Crippen molar-refractivity contribution in [1.82, 2.24) is 5.32 Å². The molecule has 0 heterocycles. The van der Waals surface area contributed by atoms with Gasteiger partial charge in [0.1, 0.15) is 0 Å². The SMILES string of the molecule is CC#CCCNC(=O)C(CN)C(C)C. The minimum Gasteiger partial charge on any atom is -0.355 e. The average molecular weight is 196 g/mol. The topological polar surface area (TPSA) is 55.1 Å². The highest BCUT2D eigenvalue weighted by Gasteiger charge is 2.19. The molecule has 0 aromatic heterocycles. The van der Waals surface area contributed by atoms with Crippen LogP contribution in [0.2, 0.25) is 0 Å². The van der Waals surface area contributed by atoms with Gasteiger partial charge < -0.3 is 11.1 Å². The van der Waals surface area contributed by atoms with Crippen LogP contribution in [0.4, 0.5) is 0 Å². The molecule has 0 bridgehead atoms. The van der Waals surface area contributed by atoms with E-state index in [1.54, 1.807) is 6.92 Å². The Morgan fingerprint density at radius 3 is 2.57 bits per heavy atom. The van der Waals surface area contributed by atoms with E-state index >= 15 is 0 Å². The third-order valence-corrected chi connectivity index (χ3v) is 2.12. The molecule has 0 rings (SSSR count). The van der Waals surface area contributed by atoms with Gasteiger partial charge in [-0.15, -0.1) is 11.8 Å². The van der Waals surface area contributed by atoms with Crippen molar-refractivity contribution in [2.45, 2.75) is 27.2 Å². The maximum absolute atomic E-state index is 11.5. The van der Waals surface area contributed by atoms with Gasteiger partial charge in [0, 0.05) is 19.5 Å². The molecule has 0 saturated carbocycles. The third-order valence-electron chi connectivity index (χ3n) is 2.12. The lowest BCUT2D eigenvalue weighted by molar-refractivity contribution is -0.125. The quantitative estimate of drug-likeness (QED) is 0.503. The number of carbonyl (C=O) groups excluding carboxylic acids is 1. The largest absolute Gasteiger partial charge is 0.355 e. The molecule has 3 heteroatoms. The first-order valence-corrected chi connectivity index (χ1v) is 5.00. The van der Waals surface area contributed by atoms with E-state index in [1.807, 2.05) is 13.8 Å². The number of rotatable bonds is 5. The van der Waals surface area contributed by atoms with Crippen LogP contribution in [0.25, 0.3) is 0 Å². The van der Waals surface area contributed by atoms with Crippen molar-refractivity contribution in [2.75, 3.05) is 13.1 Å². The molecule has 0 aliphatic carbocycles. The van der Waals surface area contributed by atoms with E-state index in [9.17, 15) is 4.79 Å². The van der Waals surface area contributed by atoms with Gasteiger partial charge in [-0.25, -0.2) is 0 Å². The second-order valence-electron chi connectivity index (χ2n) is 3.55. The molecule has 1 unspecified atom stereocenters. The Bertz CT molecular complexity index is 225. The predicted octanol–water partition coefficient (Wildman–Crippen LogP) is 0.747. The minimum atomic E-state index is -0.0791. The summed E-state index contributed by atoms with van der Waals surface area (Å²) in [6, 6.07) is 0. The summed E-state index contributed by atoms with van der Waals surface area (Å²) in [6.45, 7) is 6.82. The molecule has 0 saturated heterocycles. The standard InChI is InChI=1S/C11H20N2O/c1-4-5-6-7-13-11(14)10(8-12)9(2)3/h9-10H,6-8,12H2,1-3H3,(H,13,14). The number of carbonyl (C=O) groups is 1. The van der Waals surface area contributed by atoms with Gasteiger partial charge in [-0.05, 0) is 12.8 Å². The van der Waals surface area contributed by atoms with Crippen molar-refractivity contribution in [3.05, 3.63) is 0 Å². The van der Waals surface area contributed by atoms with E-state index < -0.39 is 0 Å². The summed E-state index contributed by atoms with van der Waals surface area (Å²) in [5.74, 6) is 5.93. The monoisotopic (exact) mass is 196 g/mol. The van der Waals surface area contributed by atoms with Crippen LogP contribution in [0.15, 0.2) is 0 Å². The molecule has 0 aromatic rings.